The highest BCUT2D eigenvalue weighted by Gasteiger charge is 2.29. The molecule has 4 heterocycles. The highest BCUT2D eigenvalue weighted by Crippen LogP contribution is 2.27. The Hall–Kier alpha value is -1.62. The second-order valence-electron chi connectivity index (χ2n) is 5.56. The molecule has 0 spiro atoms. The van der Waals surface area contributed by atoms with Gasteiger partial charge in [0.2, 0.25) is 10.2 Å². The van der Waals surface area contributed by atoms with Crippen molar-refractivity contribution in [2.24, 2.45) is 0 Å². The van der Waals surface area contributed by atoms with E-state index >= 15 is 0 Å². The van der Waals surface area contributed by atoms with Crippen LogP contribution in [0.25, 0.3) is 10.7 Å². The molecule has 0 amide bonds. The third-order valence-corrected chi connectivity index (χ3v) is 7.38. The molecular weight excluding hydrogens is 380 g/mol. The molecule has 0 bridgehead atoms. The summed E-state index contributed by atoms with van der Waals surface area (Å²) in [5.41, 5.74) is 0. The van der Waals surface area contributed by atoms with Gasteiger partial charge in [0.25, 0.3) is 10.0 Å². The number of hydrogen-bond acceptors (Lipinski definition) is 7. The van der Waals surface area contributed by atoms with Crippen molar-refractivity contribution in [3.05, 3.63) is 35.4 Å². The molecule has 3 aromatic rings. The molecule has 4 rings (SSSR count). The maximum atomic E-state index is 12.5. The summed E-state index contributed by atoms with van der Waals surface area (Å²) in [7, 11) is -3.50. The minimum atomic E-state index is -3.50. The Kier molecular flexibility index (Phi) is 4.67. The number of thioether (sulfide) groups is 1. The first-order valence-electron chi connectivity index (χ1n) is 7.81. The smallest absolute Gasteiger partial charge is 0.276 e. The van der Waals surface area contributed by atoms with Crippen molar-refractivity contribution in [2.75, 3.05) is 13.1 Å². The minimum absolute atomic E-state index is 0.0132. The fourth-order valence-electron chi connectivity index (χ4n) is 2.60. The van der Waals surface area contributed by atoms with E-state index in [1.807, 2.05) is 17.5 Å². The molecule has 1 saturated heterocycles. The third-order valence-electron chi connectivity index (χ3n) is 3.86. The fourth-order valence-corrected chi connectivity index (χ4v) is 5.40. The SMILES string of the molecule is O=S(=O)(c1ccc(CSc2n[nH]c(-c3cccs3)n2)o1)N1CCCC1. The Bertz CT molecular complexity index is 941. The topological polar surface area (TPSA) is 92.1 Å². The minimum Gasteiger partial charge on any atom is -0.447 e. The van der Waals surface area contributed by atoms with Crippen LogP contribution in [0, 0.1) is 0 Å². The standard InChI is InChI=1S/C15H16N4O3S3/c20-25(21,19-7-1-2-8-19)13-6-5-11(22-13)10-24-15-16-14(17-18-15)12-4-3-9-23-12/h3-6,9H,1-2,7-8,10H2,(H,16,17,18). The van der Waals surface area contributed by atoms with Crippen LogP contribution in [0.5, 0.6) is 0 Å². The Balaban J connectivity index is 1.42. The number of hydrogen-bond donors (Lipinski definition) is 1. The average Bonchev–Trinajstić information content (AvgIpc) is 3.42. The molecule has 0 radical (unpaired) electrons. The van der Waals surface area contributed by atoms with Gasteiger partial charge in [0.05, 0.1) is 10.6 Å². The van der Waals surface area contributed by atoms with Crippen LogP contribution in [0.3, 0.4) is 0 Å². The molecule has 3 aromatic heterocycles. The van der Waals surface area contributed by atoms with Gasteiger partial charge in [0.15, 0.2) is 5.82 Å². The molecule has 0 atom stereocenters. The van der Waals surface area contributed by atoms with Crippen LogP contribution < -0.4 is 0 Å². The summed E-state index contributed by atoms with van der Waals surface area (Å²) in [5.74, 6) is 1.79. The molecule has 0 aromatic carbocycles. The van der Waals surface area contributed by atoms with Gasteiger partial charge in [-0.25, -0.2) is 13.4 Å². The van der Waals surface area contributed by atoms with Crippen LogP contribution in [-0.2, 0) is 15.8 Å². The van der Waals surface area contributed by atoms with Gasteiger partial charge in [0, 0.05) is 13.1 Å². The molecule has 1 aliphatic rings. The van der Waals surface area contributed by atoms with Crippen molar-refractivity contribution in [3.8, 4) is 10.7 Å². The van der Waals surface area contributed by atoms with Gasteiger partial charge in [-0.1, -0.05) is 17.8 Å². The number of H-pyrrole nitrogens is 1. The van der Waals surface area contributed by atoms with Gasteiger partial charge in [0.1, 0.15) is 5.76 Å². The second kappa shape index (κ2) is 6.94. The maximum Gasteiger partial charge on any atom is 0.276 e. The first kappa shape index (κ1) is 16.8. The summed E-state index contributed by atoms with van der Waals surface area (Å²) >= 11 is 2.99. The predicted molar refractivity (Wildman–Crippen MR) is 96.0 cm³/mol. The summed E-state index contributed by atoms with van der Waals surface area (Å²) < 4.78 is 31.9. The molecule has 0 saturated carbocycles. The largest absolute Gasteiger partial charge is 0.447 e. The molecule has 0 aliphatic carbocycles. The number of furan rings is 1. The lowest BCUT2D eigenvalue weighted by Gasteiger charge is -2.12. The van der Waals surface area contributed by atoms with E-state index in [9.17, 15) is 8.42 Å². The van der Waals surface area contributed by atoms with Crippen LogP contribution in [-0.4, -0.2) is 41.0 Å². The highest BCUT2D eigenvalue weighted by molar-refractivity contribution is 7.98. The quantitative estimate of drug-likeness (QED) is 0.643. The zero-order valence-corrected chi connectivity index (χ0v) is 15.7. The lowest BCUT2D eigenvalue weighted by Crippen LogP contribution is -2.27. The van der Waals surface area contributed by atoms with Crippen molar-refractivity contribution in [2.45, 2.75) is 28.8 Å². The Labute approximate surface area is 153 Å². The fraction of sp³-hybridized carbons (Fsp3) is 0.333. The molecule has 10 heteroatoms. The van der Waals surface area contributed by atoms with Gasteiger partial charge < -0.3 is 4.42 Å². The van der Waals surface area contributed by atoms with Crippen molar-refractivity contribution < 1.29 is 12.8 Å². The van der Waals surface area contributed by atoms with Gasteiger partial charge in [-0.3, -0.25) is 5.10 Å². The number of nitrogens with one attached hydrogen (secondary N) is 1. The Morgan fingerprint density at radius 3 is 2.88 bits per heavy atom. The molecule has 132 valence electrons. The number of sulfonamides is 1. The van der Waals surface area contributed by atoms with Crippen LogP contribution in [0.1, 0.15) is 18.6 Å². The summed E-state index contributed by atoms with van der Waals surface area (Å²) in [6, 6.07) is 7.16. The van der Waals surface area contributed by atoms with Gasteiger partial charge in [-0.05, 0) is 36.4 Å². The number of aromatic nitrogens is 3. The number of aromatic amines is 1. The van der Waals surface area contributed by atoms with Crippen molar-refractivity contribution in [1.82, 2.24) is 19.5 Å². The van der Waals surface area contributed by atoms with Gasteiger partial charge in [-0.15, -0.1) is 16.4 Å². The van der Waals surface area contributed by atoms with Crippen LogP contribution in [0.2, 0.25) is 0 Å². The monoisotopic (exact) mass is 396 g/mol. The summed E-state index contributed by atoms with van der Waals surface area (Å²) in [5, 5.41) is 9.67. The van der Waals surface area contributed by atoms with E-state index in [1.54, 1.807) is 17.4 Å². The van der Waals surface area contributed by atoms with Crippen LogP contribution >= 0.6 is 23.1 Å². The molecule has 1 aliphatic heterocycles. The van der Waals surface area contributed by atoms with Crippen molar-refractivity contribution in [1.29, 1.82) is 0 Å². The lowest BCUT2D eigenvalue weighted by atomic mass is 10.4. The summed E-state index contributed by atoms with van der Waals surface area (Å²) in [6.07, 6.45) is 1.81. The van der Waals surface area contributed by atoms with Crippen molar-refractivity contribution >= 4 is 33.1 Å². The van der Waals surface area contributed by atoms with Crippen molar-refractivity contribution in [3.63, 3.8) is 0 Å². The van der Waals surface area contributed by atoms with Crippen LogP contribution in [0.15, 0.2) is 44.3 Å². The van der Waals surface area contributed by atoms with E-state index in [4.69, 9.17) is 4.42 Å². The molecular formula is C15H16N4O3S3. The maximum absolute atomic E-state index is 12.5. The van der Waals surface area contributed by atoms with Gasteiger partial charge >= 0.3 is 0 Å². The molecule has 0 unspecified atom stereocenters. The van der Waals surface area contributed by atoms with Gasteiger partial charge in [-0.2, -0.15) is 4.31 Å². The number of thiophene rings is 1. The molecule has 1 fully saturated rings. The zero-order chi connectivity index (χ0) is 17.3. The normalized spacial score (nSPS) is 15.8. The molecule has 1 N–H and O–H groups in total. The van der Waals surface area contributed by atoms with E-state index < -0.39 is 10.0 Å². The third kappa shape index (κ3) is 3.52. The van der Waals surface area contributed by atoms with E-state index in [0.29, 0.717) is 29.8 Å². The average molecular weight is 397 g/mol. The number of rotatable bonds is 6. The molecule has 25 heavy (non-hydrogen) atoms. The first-order valence-corrected chi connectivity index (χ1v) is 11.1. The lowest BCUT2D eigenvalue weighted by molar-refractivity contribution is 0.397. The Morgan fingerprint density at radius 2 is 2.12 bits per heavy atom. The van der Waals surface area contributed by atoms with E-state index in [2.05, 4.69) is 15.2 Å². The van der Waals surface area contributed by atoms with E-state index in [1.165, 1.54) is 22.1 Å². The molecule has 7 nitrogen and oxygen atoms in total. The van der Waals surface area contributed by atoms with Crippen LogP contribution in [0.4, 0.5) is 0 Å². The number of nitrogens with zero attached hydrogens (tertiary/aromatic N) is 3. The first-order chi connectivity index (χ1) is 12.1. The summed E-state index contributed by atoms with van der Waals surface area (Å²) in [4.78, 5) is 5.45. The Morgan fingerprint density at radius 1 is 1.28 bits per heavy atom. The van der Waals surface area contributed by atoms with E-state index in [-0.39, 0.29) is 5.09 Å². The van der Waals surface area contributed by atoms with E-state index in [0.717, 1.165) is 23.5 Å². The second-order valence-corrected chi connectivity index (χ2v) is 9.32. The zero-order valence-electron chi connectivity index (χ0n) is 13.2. The highest BCUT2D eigenvalue weighted by atomic mass is 32.2. The summed E-state index contributed by atoms with van der Waals surface area (Å²) in [6.45, 7) is 1.13. The predicted octanol–water partition coefficient (Wildman–Crippen LogP) is 3.20.